The van der Waals surface area contributed by atoms with Gasteiger partial charge in [0.15, 0.2) is 0 Å². The molecule has 0 radical (unpaired) electrons. The maximum absolute atomic E-state index is 9.02. The third kappa shape index (κ3) is 1.64. The molecule has 3 nitrogen and oxygen atoms in total. The van der Waals surface area contributed by atoms with E-state index in [1.54, 1.807) is 0 Å². The van der Waals surface area contributed by atoms with Gasteiger partial charge in [0.25, 0.3) is 0 Å². The Bertz CT molecular complexity index is 94.3. The SMILES string of the molecule is CC1C[C@@H](O)[C@H](O)CO1. The van der Waals surface area contributed by atoms with Crippen molar-refractivity contribution in [3.05, 3.63) is 0 Å². The van der Waals surface area contributed by atoms with E-state index in [0.717, 1.165) is 0 Å². The normalized spacial score (nSPS) is 45.0. The van der Waals surface area contributed by atoms with Crippen molar-refractivity contribution in [2.24, 2.45) is 0 Å². The predicted molar refractivity (Wildman–Crippen MR) is 32.0 cm³/mol. The lowest BCUT2D eigenvalue weighted by Crippen LogP contribution is -2.39. The molecule has 0 bridgehead atoms. The summed E-state index contributed by atoms with van der Waals surface area (Å²) in [5.41, 5.74) is 0. The third-order valence-corrected chi connectivity index (χ3v) is 1.57. The van der Waals surface area contributed by atoms with Crippen LogP contribution in [0.4, 0.5) is 0 Å². The minimum absolute atomic E-state index is 0.0865. The number of rotatable bonds is 0. The van der Waals surface area contributed by atoms with Crippen LogP contribution in [0.15, 0.2) is 0 Å². The molecular weight excluding hydrogens is 120 g/mol. The zero-order valence-corrected chi connectivity index (χ0v) is 5.45. The number of ether oxygens (including phenoxy) is 1. The summed E-state index contributed by atoms with van der Waals surface area (Å²) in [5, 5.41) is 17.9. The van der Waals surface area contributed by atoms with Crippen molar-refractivity contribution in [1.29, 1.82) is 0 Å². The van der Waals surface area contributed by atoms with Crippen LogP contribution in [0.2, 0.25) is 0 Å². The minimum atomic E-state index is -0.679. The van der Waals surface area contributed by atoms with Crippen LogP contribution in [-0.2, 0) is 4.74 Å². The second-order valence-electron chi connectivity index (χ2n) is 2.51. The van der Waals surface area contributed by atoms with Gasteiger partial charge in [-0.2, -0.15) is 0 Å². The van der Waals surface area contributed by atoms with Gasteiger partial charge in [-0.3, -0.25) is 0 Å². The molecule has 1 unspecified atom stereocenters. The molecule has 1 fully saturated rings. The highest BCUT2D eigenvalue weighted by molar-refractivity contribution is 4.74. The van der Waals surface area contributed by atoms with Gasteiger partial charge in [-0.25, -0.2) is 0 Å². The molecule has 1 aliphatic heterocycles. The summed E-state index contributed by atoms with van der Waals surface area (Å²) in [6.45, 7) is 2.15. The largest absolute Gasteiger partial charge is 0.390 e. The van der Waals surface area contributed by atoms with E-state index in [4.69, 9.17) is 14.9 Å². The van der Waals surface area contributed by atoms with Crippen molar-refractivity contribution in [3.8, 4) is 0 Å². The van der Waals surface area contributed by atoms with Gasteiger partial charge >= 0.3 is 0 Å². The molecule has 3 heteroatoms. The van der Waals surface area contributed by atoms with Gasteiger partial charge in [-0.15, -0.1) is 0 Å². The van der Waals surface area contributed by atoms with Gasteiger partial charge in [0.2, 0.25) is 0 Å². The molecule has 0 aromatic carbocycles. The molecule has 0 amide bonds. The highest BCUT2D eigenvalue weighted by atomic mass is 16.5. The van der Waals surface area contributed by atoms with Crippen molar-refractivity contribution >= 4 is 0 Å². The Morgan fingerprint density at radius 3 is 2.44 bits per heavy atom. The minimum Gasteiger partial charge on any atom is -0.390 e. The van der Waals surface area contributed by atoms with E-state index in [1.807, 2.05) is 6.92 Å². The Hall–Kier alpha value is -0.120. The molecule has 54 valence electrons. The molecule has 0 spiro atoms. The Morgan fingerprint density at radius 2 is 2.00 bits per heavy atom. The maximum atomic E-state index is 9.02. The molecule has 0 aromatic heterocycles. The first-order valence-electron chi connectivity index (χ1n) is 3.18. The Balaban J connectivity index is 2.35. The van der Waals surface area contributed by atoms with Crippen LogP contribution < -0.4 is 0 Å². The van der Waals surface area contributed by atoms with Crippen LogP contribution in [0.3, 0.4) is 0 Å². The second kappa shape index (κ2) is 2.64. The first-order chi connectivity index (χ1) is 4.20. The van der Waals surface area contributed by atoms with E-state index < -0.39 is 12.2 Å². The lowest BCUT2D eigenvalue weighted by atomic mass is 10.1. The van der Waals surface area contributed by atoms with Crippen LogP contribution in [0, 0.1) is 0 Å². The molecule has 0 aromatic rings. The smallest absolute Gasteiger partial charge is 0.103 e. The molecule has 1 rings (SSSR count). The second-order valence-corrected chi connectivity index (χ2v) is 2.51. The number of aliphatic hydroxyl groups is 2. The predicted octanol–water partition coefficient (Wildman–Crippen LogP) is -0.483. The van der Waals surface area contributed by atoms with Gasteiger partial charge in [-0.05, 0) is 6.92 Å². The molecule has 1 aliphatic rings. The summed E-state index contributed by atoms with van der Waals surface area (Å²) in [5.74, 6) is 0. The first kappa shape index (κ1) is 6.99. The summed E-state index contributed by atoms with van der Waals surface area (Å²) < 4.78 is 5.05. The van der Waals surface area contributed by atoms with Gasteiger partial charge in [0, 0.05) is 6.42 Å². The van der Waals surface area contributed by atoms with E-state index in [2.05, 4.69) is 0 Å². The van der Waals surface area contributed by atoms with E-state index in [-0.39, 0.29) is 12.7 Å². The topological polar surface area (TPSA) is 49.7 Å². The van der Waals surface area contributed by atoms with Crippen LogP contribution in [0.5, 0.6) is 0 Å². The van der Waals surface area contributed by atoms with E-state index in [9.17, 15) is 0 Å². The maximum Gasteiger partial charge on any atom is 0.103 e. The van der Waals surface area contributed by atoms with Crippen molar-refractivity contribution in [2.45, 2.75) is 31.7 Å². The van der Waals surface area contributed by atoms with Gasteiger partial charge in [0.05, 0.1) is 18.8 Å². The van der Waals surface area contributed by atoms with Crippen LogP contribution in [0.25, 0.3) is 0 Å². The zero-order valence-electron chi connectivity index (χ0n) is 5.45. The Kier molecular flexibility index (Phi) is 2.05. The average molecular weight is 132 g/mol. The number of aliphatic hydroxyl groups excluding tert-OH is 2. The lowest BCUT2D eigenvalue weighted by molar-refractivity contribution is -0.115. The summed E-state index contributed by atoms with van der Waals surface area (Å²) in [4.78, 5) is 0. The fourth-order valence-electron chi connectivity index (χ4n) is 0.939. The van der Waals surface area contributed by atoms with Crippen molar-refractivity contribution < 1.29 is 14.9 Å². The van der Waals surface area contributed by atoms with Crippen molar-refractivity contribution in [2.75, 3.05) is 6.61 Å². The highest BCUT2D eigenvalue weighted by Gasteiger charge is 2.25. The highest BCUT2D eigenvalue weighted by Crippen LogP contribution is 2.12. The number of hydrogen-bond acceptors (Lipinski definition) is 3. The summed E-state index contributed by atoms with van der Waals surface area (Å²) in [6.07, 6.45) is -0.639. The molecule has 3 atom stereocenters. The zero-order chi connectivity index (χ0) is 6.85. The molecule has 0 saturated carbocycles. The average Bonchev–Trinajstić information content (AvgIpc) is 1.80. The molecular formula is C6H12O3. The Labute approximate surface area is 54.3 Å². The van der Waals surface area contributed by atoms with Gasteiger partial charge in [-0.1, -0.05) is 0 Å². The third-order valence-electron chi connectivity index (χ3n) is 1.57. The van der Waals surface area contributed by atoms with Crippen molar-refractivity contribution in [1.82, 2.24) is 0 Å². The lowest BCUT2D eigenvalue weighted by Gasteiger charge is -2.27. The molecule has 0 aliphatic carbocycles. The standard InChI is InChI=1S/C6H12O3/c1-4-2-5(7)6(8)3-9-4/h4-8H,2-3H2,1H3/t4?,5-,6-/m1/s1. The molecule has 2 N–H and O–H groups in total. The van der Waals surface area contributed by atoms with E-state index in [0.29, 0.717) is 6.42 Å². The fourth-order valence-corrected chi connectivity index (χ4v) is 0.939. The summed E-state index contributed by atoms with van der Waals surface area (Å²) in [6, 6.07) is 0. The van der Waals surface area contributed by atoms with E-state index >= 15 is 0 Å². The molecule has 1 heterocycles. The molecule has 9 heavy (non-hydrogen) atoms. The molecule has 1 saturated heterocycles. The monoisotopic (exact) mass is 132 g/mol. The Morgan fingerprint density at radius 1 is 1.33 bits per heavy atom. The summed E-state index contributed by atoms with van der Waals surface area (Å²) >= 11 is 0. The van der Waals surface area contributed by atoms with Gasteiger partial charge < -0.3 is 14.9 Å². The van der Waals surface area contributed by atoms with Gasteiger partial charge in [0.1, 0.15) is 6.10 Å². The van der Waals surface area contributed by atoms with Crippen molar-refractivity contribution in [3.63, 3.8) is 0 Å². The fraction of sp³-hybridized carbons (Fsp3) is 1.00. The summed E-state index contributed by atoms with van der Waals surface area (Å²) in [7, 11) is 0. The van der Waals surface area contributed by atoms with Crippen LogP contribution in [0.1, 0.15) is 13.3 Å². The first-order valence-corrected chi connectivity index (χ1v) is 3.18. The van der Waals surface area contributed by atoms with E-state index in [1.165, 1.54) is 0 Å². The number of hydrogen-bond donors (Lipinski definition) is 2. The van der Waals surface area contributed by atoms with Crippen LogP contribution in [-0.4, -0.2) is 35.1 Å². The van der Waals surface area contributed by atoms with Crippen LogP contribution >= 0.6 is 0 Å². The quantitative estimate of drug-likeness (QED) is 0.468.